The van der Waals surface area contributed by atoms with E-state index in [9.17, 15) is 0 Å². The number of methoxy groups -OCH3 is 1. The lowest BCUT2D eigenvalue weighted by atomic mass is 9.79. The first-order valence-corrected chi connectivity index (χ1v) is 6.16. The van der Waals surface area contributed by atoms with Crippen LogP contribution in [0.1, 0.15) is 12.8 Å². The Kier molecular flexibility index (Phi) is 4.02. The number of piperidine rings is 1. The normalized spacial score (nSPS) is 19.2. The van der Waals surface area contributed by atoms with Crippen molar-refractivity contribution in [3.05, 3.63) is 12.4 Å². The summed E-state index contributed by atoms with van der Waals surface area (Å²) in [6, 6.07) is 0. The van der Waals surface area contributed by atoms with Crippen LogP contribution in [0.2, 0.25) is 0 Å². The molecule has 0 bridgehead atoms. The number of rotatable bonds is 5. The van der Waals surface area contributed by atoms with Crippen LogP contribution in [0, 0.1) is 5.41 Å². The quantitative estimate of drug-likeness (QED) is 0.798. The molecule has 0 aromatic carbocycles. The Hall–Kier alpha value is -1.07. The highest BCUT2D eigenvalue weighted by Crippen LogP contribution is 2.29. The maximum absolute atomic E-state index is 5.39. The first-order valence-electron chi connectivity index (χ1n) is 6.16. The summed E-state index contributed by atoms with van der Waals surface area (Å²) in [6.07, 6.45) is 6.19. The van der Waals surface area contributed by atoms with Crippen molar-refractivity contribution in [2.24, 2.45) is 12.5 Å². The minimum Gasteiger partial charge on any atom is -0.384 e. The van der Waals surface area contributed by atoms with E-state index in [2.05, 4.69) is 15.7 Å². The lowest BCUT2D eigenvalue weighted by Crippen LogP contribution is -2.44. The van der Waals surface area contributed by atoms with Crippen molar-refractivity contribution in [3.8, 4) is 0 Å². The van der Waals surface area contributed by atoms with Crippen molar-refractivity contribution in [2.45, 2.75) is 12.8 Å². The summed E-state index contributed by atoms with van der Waals surface area (Å²) >= 11 is 0. The van der Waals surface area contributed by atoms with Crippen LogP contribution in [-0.4, -0.2) is 43.1 Å². The highest BCUT2D eigenvalue weighted by molar-refractivity contribution is 5.38. The van der Waals surface area contributed by atoms with Crippen molar-refractivity contribution < 1.29 is 4.74 Å². The van der Waals surface area contributed by atoms with E-state index < -0.39 is 0 Å². The highest BCUT2D eigenvalue weighted by Gasteiger charge is 2.31. The van der Waals surface area contributed by atoms with E-state index in [1.807, 2.05) is 24.1 Å². The van der Waals surface area contributed by atoms with E-state index in [0.29, 0.717) is 0 Å². The standard InChI is InChI=1S/C12H22N4O/c1-16-8-11(7-15-16)14-9-12(10-17-2)3-5-13-6-4-12/h7-8,13-14H,3-6,9-10H2,1-2H3. The third-order valence-corrected chi connectivity index (χ3v) is 3.49. The fourth-order valence-electron chi connectivity index (χ4n) is 2.44. The smallest absolute Gasteiger partial charge is 0.0726 e. The van der Waals surface area contributed by atoms with E-state index in [1.54, 1.807) is 7.11 Å². The van der Waals surface area contributed by atoms with Gasteiger partial charge in [0.25, 0.3) is 0 Å². The Bertz CT molecular complexity index is 339. The lowest BCUT2D eigenvalue weighted by Gasteiger charge is -2.37. The number of anilines is 1. The van der Waals surface area contributed by atoms with Crippen LogP contribution in [0.4, 0.5) is 5.69 Å². The minimum atomic E-state index is 0.260. The molecular weight excluding hydrogens is 216 g/mol. The maximum atomic E-state index is 5.39. The number of aromatic nitrogens is 2. The number of hydrogen-bond donors (Lipinski definition) is 2. The van der Waals surface area contributed by atoms with Gasteiger partial charge in [-0.05, 0) is 25.9 Å². The third kappa shape index (κ3) is 3.20. The van der Waals surface area contributed by atoms with Crippen LogP contribution in [0.15, 0.2) is 12.4 Å². The van der Waals surface area contributed by atoms with Crippen LogP contribution >= 0.6 is 0 Å². The predicted molar refractivity (Wildman–Crippen MR) is 68.1 cm³/mol. The van der Waals surface area contributed by atoms with Crippen molar-refractivity contribution in [1.29, 1.82) is 0 Å². The number of nitrogens with zero attached hydrogens (tertiary/aromatic N) is 2. The molecule has 0 saturated carbocycles. The minimum absolute atomic E-state index is 0.260. The molecule has 2 heterocycles. The van der Waals surface area contributed by atoms with Gasteiger partial charge in [0.2, 0.25) is 0 Å². The van der Waals surface area contributed by atoms with Crippen molar-refractivity contribution in [2.75, 3.05) is 38.7 Å². The van der Waals surface area contributed by atoms with Crippen LogP contribution < -0.4 is 10.6 Å². The van der Waals surface area contributed by atoms with Crippen LogP contribution in [0.25, 0.3) is 0 Å². The molecule has 5 nitrogen and oxygen atoms in total. The first kappa shape index (κ1) is 12.4. The Balaban J connectivity index is 1.93. The monoisotopic (exact) mass is 238 g/mol. The van der Waals surface area contributed by atoms with Gasteiger partial charge in [0.05, 0.1) is 18.5 Å². The number of aryl methyl sites for hydroxylation is 1. The molecule has 0 amide bonds. The predicted octanol–water partition coefficient (Wildman–Crippen LogP) is 0.848. The van der Waals surface area contributed by atoms with Crippen molar-refractivity contribution in [3.63, 3.8) is 0 Å². The molecule has 17 heavy (non-hydrogen) atoms. The summed E-state index contributed by atoms with van der Waals surface area (Å²) in [5, 5.41) is 11.0. The van der Waals surface area contributed by atoms with Gasteiger partial charge in [-0.3, -0.25) is 4.68 Å². The van der Waals surface area contributed by atoms with Gasteiger partial charge in [-0.2, -0.15) is 5.10 Å². The van der Waals surface area contributed by atoms with E-state index in [0.717, 1.165) is 44.8 Å². The number of ether oxygens (including phenoxy) is 1. The van der Waals surface area contributed by atoms with Gasteiger partial charge in [-0.15, -0.1) is 0 Å². The molecule has 2 rings (SSSR count). The molecule has 2 N–H and O–H groups in total. The molecule has 0 unspecified atom stereocenters. The summed E-state index contributed by atoms with van der Waals surface area (Å²) < 4.78 is 7.20. The largest absolute Gasteiger partial charge is 0.384 e. The van der Waals surface area contributed by atoms with Gasteiger partial charge in [0, 0.05) is 32.3 Å². The Labute approximate surface area is 103 Å². The molecule has 96 valence electrons. The Morgan fingerprint density at radius 3 is 2.88 bits per heavy atom. The Morgan fingerprint density at radius 2 is 2.29 bits per heavy atom. The van der Waals surface area contributed by atoms with E-state index in [4.69, 9.17) is 4.74 Å². The first-order chi connectivity index (χ1) is 8.24. The molecular formula is C12H22N4O. The number of nitrogens with one attached hydrogen (secondary N) is 2. The van der Waals surface area contributed by atoms with Gasteiger partial charge >= 0.3 is 0 Å². The zero-order valence-electron chi connectivity index (χ0n) is 10.7. The summed E-state index contributed by atoms with van der Waals surface area (Å²) in [6.45, 7) is 3.94. The van der Waals surface area contributed by atoms with E-state index >= 15 is 0 Å². The second kappa shape index (κ2) is 5.51. The van der Waals surface area contributed by atoms with Crippen LogP contribution in [-0.2, 0) is 11.8 Å². The maximum Gasteiger partial charge on any atom is 0.0726 e. The molecule has 0 radical (unpaired) electrons. The van der Waals surface area contributed by atoms with Gasteiger partial charge in [0.15, 0.2) is 0 Å². The van der Waals surface area contributed by atoms with Crippen LogP contribution in [0.3, 0.4) is 0 Å². The summed E-state index contributed by atoms with van der Waals surface area (Å²) in [4.78, 5) is 0. The lowest BCUT2D eigenvalue weighted by molar-refractivity contribution is 0.0636. The van der Waals surface area contributed by atoms with E-state index in [1.165, 1.54) is 0 Å². The molecule has 1 aliphatic rings. The molecule has 0 atom stereocenters. The van der Waals surface area contributed by atoms with Crippen molar-refractivity contribution in [1.82, 2.24) is 15.1 Å². The van der Waals surface area contributed by atoms with Gasteiger partial charge < -0.3 is 15.4 Å². The zero-order valence-corrected chi connectivity index (χ0v) is 10.7. The highest BCUT2D eigenvalue weighted by atomic mass is 16.5. The molecule has 1 saturated heterocycles. The second-order valence-electron chi connectivity index (χ2n) is 4.94. The van der Waals surface area contributed by atoms with Gasteiger partial charge in [-0.1, -0.05) is 0 Å². The molecule has 0 spiro atoms. The average Bonchev–Trinajstić information content (AvgIpc) is 2.75. The molecule has 1 aromatic heterocycles. The second-order valence-corrected chi connectivity index (χ2v) is 4.94. The summed E-state index contributed by atoms with van der Waals surface area (Å²) in [7, 11) is 3.72. The molecule has 1 fully saturated rings. The molecule has 1 aliphatic heterocycles. The van der Waals surface area contributed by atoms with Gasteiger partial charge in [0.1, 0.15) is 0 Å². The average molecular weight is 238 g/mol. The topological polar surface area (TPSA) is 51.1 Å². The van der Waals surface area contributed by atoms with Crippen molar-refractivity contribution >= 4 is 5.69 Å². The molecule has 5 heteroatoms. The summed E-state index contributed by atoms with van der Waals surface area (Å²) in [5.74, 6) is 0. The zero-order chi connectivity index (χ0) is 12.1. The number of hydrogen-bond acceptors (Lipinski definition) is 4. The Morgan fingerprint density at radius 1 is 1.53 bits per heavy atom. The van der Waals surface area contributed by atoms with E-state index in [-0.39, 0.29) is 5.41 Å². The van der Waals surface area contributed by atoms with Gasteiger partial charge in [-0.25, -0.2) is 0 Å². The molecule has 1 aromatic rings. The fourth-order valence-corrected chi connectivity index (χ4v) is 2.44. The SMILES string of the molecule is COCC1(CNc2cnn(C)c2)CCNCC1. The summed E-state index contributed by atoms with van der Waals surface area (Å²) in [5.41, 5.74) is 1.34. The fraction of sp³-hybridized carbons (Fsp3) is 0.750. The third-order valence-electron chi connectivity index (χ3n) is 3.49. The van der Waals surface area contributed by atoms with Crippen LogP contribution in [0.5, 0.6) is 0 Å². The molecule has 0 aliphatic carbocycles.